The number of benzene rings is 1. The van der Waals surface area contributed by atoms with E-state index < -0.39 is 10.2 Å². The molecule has 0 radical (unpaired) electrons. The molecule has 19 heavy (non-hydrogen) atoms. The van der Waals surface area contributed by atoms with Gasteiger partial charge in [0.25, 0.3) is 10.2 Å². The van der Waals surface area contributed by atoms with Crippen molar-refractivity contribution in [3.8, 4) is 0 Å². The van der Waals surface area contributed by atoms with Crippen molar-refractivity contribution in [1.82, 2.24) is 8.61 Å². The Kier molecular flexibility index (Phi) is 2.53. The van der Waals surface area contributed by atoms with Gasteiger partial charge in [-0.05, 0) is 36.8 Å². The number of fused-ring (bicyclic) bond motifs is 5. The summed E-state index contributed by atoms with van der Waals surface area (Å²) in [6, 6.07) is 8.36. The zero-order chi connectivity index (χ0) is 13.0. The highest BCUT2D eigenvalue weighted by atomic mass is 32.2. The van der Waals surface area contributed by atoms with Crippen LogP contribution >= 0.6 is 0 Å². The van der Waals surface area contributed by atoms with Crippen LogP contribution < -0.4 is 0 Å². The van der Waals surface area contributed by atoms with Crippen molar-refractivity contribution in [2.45, 2.75) is 37.8 Å². The first-order valence-electron chi connectivity index (χ1n) is 7.07. The van der Waals surface area contributed by atoms with Gasteiger partial charge in [0.15, 0.2) is 0 Å². The lowest BCUT2D eigenvalue weighted by Gasteiger charge is -2.27. The van der Waals surface area contributed by atoms with Crippen molar-refractivity contribution in [1.29, 1.82) is 0 Å². The fourth-order valence-electron chi connectivity index (χ4n) is 3.86. The van der Waals surface area contributed by atoms with Crippen LogP contribution in [0.4, 0.5) is 0 Å². The van der Waals surface area contributed by atoms with Crippen molar-refractivity contribution in [3.05, 3.63) is 35.4 Å². The maximum absolute atomic E-state index is 12.8. The molecular weight excluding hydrogens is 260 g/mol. The lowest BCUT2D eigenvalue weighted by molar-refractivity contribution is 0.325. The van der Waals surface area contributed by atoms with E-state index >= 15 is 0 Å². The van der Waals surface area contributed by atoms with Crippen LogP contribution in [0.1, 0.15) is 48.9 Å². The average Bonchev–Trinajstić information content (AvgIpc) is 3.14. The Morgan fingerprint density at radius 1 is 0.947 bits per heavy atom. The van der Waals surface area contributed by atoms with Gasteiger partial charge in [-0.15, -0.1) is 0 Å². The van der Waals surface area contributed by atoms with Crippen LogP contribution in [-0.4, -0.2) is 30.1 Å². The molecule has 102 valence electrons. The van der Waals surface area contributed by atoms with Crippen LogP contribution in [-0.2, 0) is 10.2 Å². The van der Waals surface area contributed by atoms with Gasteiger partial charge >= 0.3 is 0 Å². The third kappa shape index (κ3) is 1.55. The average molecular weight is 278 g/mol. The highest BCUT2D eigenvalue weighted by Crippen LogP contribution is 2.54. The Labute approximate surface area is 114 Å². The molecule has 2 saturated heterocycles. The maximum atomic E-state index is 12.8. The molecule has 1 aromatic carbocycles. The van der Waals surface area contributed by atoms with Gasteiger partial charge in [-0.25, -0.2) is 0 Å². The Morgan fingerprint density at radius 2 is 1.47 bits per heavy atom. The third-order valence-electron chi connectivity index (χ3n) is 4.70. The molecule has 2 unspecified atom stereocenters. The van der Waals surface area contributed by atoms with Gasteiger partial charge in [0.05, 0.1) is 12.1 Å². The molecule has 2 atom stereocenters. The van der Waals surface area contributed by atoms with E-state index in [9.17, 15) is 8.42 Å². The summed E-state index contributed by atoms with van der Waals surface area (Å²) in [6.45, 7) is 1.38. The molecule has 3 heterocycles. The summed E-state index contributed by atoms with van der Waals surface area (Å²) in [5, 5.41) is 0. The van der Waals surface area contributed by atoms with Gasteiger partial charge < -0.3 is 0 Å². The number of hydrogen-bond acceptors (Lipinski definition) is 2. The SMILES string of the molecule is O=S(=O)(N1CCCC1)N1C2CCC1c1ccccc12. The Hall–Kier alpha value is -0.910. The molecule has 0 N–H and O–H groups in total. The van der Waals surface area contributed by atoms with Crippen molar-refractivity contribution in [3.63, 3.8) is 0 Å². The minimum atomic E-state index is -3.28. The second-order valence-electron chi connectivity index (χ2n) is 5.68. The number of hydrogen-bond donors (Lipinski definition) is 0. The van der Waals surface area contributed by atoms with E-state index in [2.05, 4.69) is 12.1 Å². The van der Waals surface area contributed by atoms with Crippen LogP contribution in [0.3, 0.4) is 0 Å². The molecule has 2 bridgehead atoms. The van der Waals surface area contributed by atoms with Crippen molar-refractivity contribution in [2.75, 3.05) is 13.1 Å². The van der Waals surface area contributed by atoms with Gasteiger partial charge in [-0.2, -0.15) is 17.0 Å². The Balaban J connectivity index is 1.75. The first-order valence-corrected chi connectivity index (χ1v) is 8.47. The van der Waals surface area contributed by atoms with Crippen molar-refractivity contribution < 1.29 is 8.42 Å². The summed E-state index contributed by atoms with van der Waals surface area (Å²) >= 11 is 0. The van der Waals surface area contributed by atoms with E-state index in [0.717, 1.165) is 25.7 Å². The summed E-state index contributed by atoms with van der Waals surface area (Å²) in [4.78, 5) is 0. The van der Waals surface area contributed by atoms with E-state index in [1.807, 2.05) is 12.1 Å². The fraction of sp³-hybridized carbons (Fsp3) is 0.571. The van der Waals surface area contributed by atoms with Crippen LogP contribution in [0.5, 0.6) is 0 Å². The topological polar surface area (TPSA) is 40.6 Å². The minimum Gasteiger partial charge on any atom is -0.195 e. The van der Waals surface area contributed by atoms with E-state index in [-0.39, 0.29) is 12.1 Å². The zero-order valence-corrected chi connectivity index (χ0v) is 11.6. The molecule has 5 heteroatoms. The standard InChI is InChI=1S/C14H18N2O2S/c17-19(18,15-9-3-4-10-15)16-13-7-8-14(16)12-6-2-1-5-11(12)13/h1-2,5-6,13-14H,3-4,7-10H2. The first-order chi connectivity index (χ1) is 9.19. The Morgan fingerprint density at radius 3 is 2.00 bits per heavy atom. The smallest absolute Gasteiger partial charge is 0.195 e. The van der Waals surface area contributed by atoms with Crippen LogP contribution in [0.15, 0.2) is 24.3 Å². The molecule has 3 aliphatic rings. The van der Waals surface area contributed by atoms with Gasteiger partial charge in [-0.3, -0.25) is 0 Å². The molecule has 0 aliphatic carbocycles. The quantitative estimate of drug-likeness (QED) is 0.832. The normalized spacial score (nSPS) is 30.9. The largest absolute Gasteiger partial charge is 0.283 e. The number of rotatable bonds is 2. The second-order valence-corrected chi connectivity index (χ2v) is 7.52. The van der Waals surface area contributed by atoms with Crippen molar-refractivity contribution >= 4 is 10.2 Å². The molecule has 3 aliphatic heterocycles. The lowest BCUT2D eigenvalue weighted by Crippen LogP contribution is -2.40. The molecule has 0 aromatic heterocycles. The summed E-state index contributed by atoms with van der Waals surface area (Å²) in [6.07, 6.45) is 3.92. The fourth-order valence-corrected chi connectivity index (χ4v) is 5.93. The predicted octanol–water partition coefficient (Wildman–Crippen LogP) is 2.22. The summed E-state index contributed by atoms with van der Waals surface area (Å²) in [5.74, 6) is 0. The summed E-state index contributed by atoms with van der Waals surface area (Å²) in [5.41, 5.74) is 2.45. The highest BCUT2D eigenvalue weighted by Gasteiger charge is 2.51. The van der Waals surface area contributed by atoms with E-state index in [1.54, 1.807) is 8.61 Å². The highest BCUT2D eigenvalue weighted by molar-refractivity contribution is 7.86. The molecule has 1 aromatic rings. The van der Waals surface area contributed by atoms with Crippen LogP contribution in [0.25, 0.3) is 0 Å². The summed E-state index contributed by atoms with van der Waals surface area (Å²) in [7, 11) is -3.28. The van der Waals surface area contributed by atoms with Crippen LogP contribution in [0, 0.1) is 0 Å². The van der Waals surface area contributed by atoms with Crippen LogP contribution in [0.2, 0.25) is 0 Å². The van der Waals surface area contributed by atoms with E-state index in [1.165, 1.54) is 11.1 Å². The zero-order valence-electron chi connectivity index (χ0n) is 10.8. The molecule has 0 spiro atoms. The lowest BCUT2D eigenvalue weighted by atomic mass is 9.92. The minimum absolute atomic E-state index is 0.0757. The van der Waals surface area contributed by atoms with Gasteiger partial charge in [0, 0.05) is 13.1 Å². The van der Waals surface area contributed by atoms with E-state index in [0.29, 0.717) is 13.1 Å². The molecule has 0 amide bonds. The molecular formula is C14H18N2O2S. The predicted molar refractivity (Wildman–Crippen MR) is 72.7 cm³/mol. The van der Waals surface area contributed by atoms with Crippen molar-refractivity contribution in [2.24, 2.45) is 0 Å². The monoisotopic (exact) mass is 278 g/mol. The van der Waals surface area contributed by atoms with Gasteiger partial charge in [0.1, 0.15) is 0 Å². The number of nitrogens with zero attached hydrogens (tertiary/aromatic N) is 2. The Bertz CT molecular complexity index is 577. The third-order valence-corrected chi connectivity index (χ3v) is 6.76. The summed E-state index contributed by atoms with van der Waals surface area (Å²) < 4.78 is 29.1. The molecule has 2 fully saturated rings. The van der Waals surface area contributed by atoms with Gasteiger partial charge in [0.2, 0.25) is 0 Å². The first kappa shape index (κ1) is 11.9. The second kappa shape index (κ2) is 4.04. The molecule has 0 saturated carbocycles. The maximum Gasteiger partial charge on any atom is 0.283 e. The molecule has 4 nitrogen and oxygen atoms in total. The van der Waals surface area contributed by atoms with Gasteiger partial charge in [-0.1, -0.05) is 24.3 Å². The van der Waals surface area contributed by atoms with E-state index in [4.69, 9.17) is 0 Å². The molecule has 4 rings (SSSR count).